The van der Waals surface area contributed by atoms with Crippen molar-refractivity contribution in [3.8, 4) is 0 Å². The largest absolute Gasteiger partial charge is 0.450 e. The van der Waals surface area contributed by atoms with Crippen LogP contribution in [0.15, 0.2) is 35.0 Å². The molecule has 114 valence electrons. The van der Waals surface area contributed by atoms with Crippen molar-refractivity contribution < 1.29 is 4.42 Å². The average Bonchev–Trinajstić information content (AvgIpc) is 2.93. The maximum atomic E-state index is 6.03. The zero-order chi connectivity index (χ0) is 15.1. The molecule has 0 radical (unpaired) electrons. The molecule has 0 amide bonds. The van der Waals surface area contributed by atoms with Crippen LogP contribution in [0, 0.1) is 0 Å². The van der Waals surface area contributed by atoms with E-state index in [1.165, 1.54) is 0 Å². The van der Waals surface area contributed by atoms with E-state index in [0.29, 0.717) is 6.04 Å². The summed E-state index contributed by atoms with van der Waals surface area (Å²) in [6, 6.07) is 8.70. The molecule has 1 aliphatic heterocycles. The molecule has 0 N–H and O–H groups in total. The molecule has 1 aliphatic rings. The molecule has 5 nitrogen and oxygen atoms in total. The predicted molar refractivity (Wildman–Crippen MR) is 88.2 cm³/mol. The molecule has 1 fully saturated rings. The van der Waals surface area contributed by atoms with E-state index in [1.54, 1.807) is 6.33 Å². The molecule has 0 spiro atoms. The molecule has 22 heavy (non-hydrogen) atoms. The van der Waals surface area contributed by atoms with Gasteiger partial charge in [-0.3, -0.25) is 0 Å². The summed E-state index contributed by atoms with van der Waals surface area (Å²) >= 11 is 0. The highest BCUT2D eigenvalue weighted by molar-refractivity contribution is 6.05. The molecule has 1 saturated heterocycles. The third-order valence-electron chi connectivity index (χ3n) is 4.63. The van der Waals surface area contributed by atoms with E-state index in [4.69, 9.17) is 4.42 Å². The Hall–Kier alpha value is -2.14. The van der Waals surface area contributed by atoms with Crippen LogP contribution in [0.1, 0.15) is 12.8 Å². The quantitative estimate of drug-likeness (QED) is 0.727. The standard InChI is InChI=1S/C17H20N4O/c1-20(2)12-7-9-21(10-8-12)17-16-15(18-11-19-17)13-5-3-4-6-14(13)22-16/h3-6,11-12H,7-10H2,1-2H3. The molecule has 0 saturated carbocycles. The molecule has 0 unspecified atom stereocenters. The summed E-state index contributed by atoms with van der Waals surface area (Å²) in [5, 5.41) is 1.06. The van der Waals surface area contributed by atoms with Crippen LogP contribution in [-0.4, -0.2) is 48.1 Å². The predicted octanol–water partition coefficient (Wildman–Crippen LogP) is 2.91. The van der Waals surface area contributed by atoms with Crippen molar-refractivity contribution >= 4 is 27.9 Å². The topological polar surface area (TPSA) is 45.4 Å². The molecule has 5 heteroatoms. The smallest absolute Gasteiger partial charge is 0.196 e. The number of para-hydroxylation sites is 1. The van der Waals surface area contributed by atoms with Gasteiger partial charge >= 0.3 is 0 Å². The minimum atomic E-state index is 0.657. The lowest BCUT2D eigenvalue weighted by molar-refractivity contribution is 0.249. The van der Waals surface area contributed by atoms with Crippen LogP contribution in [0.3, 0.4) is 0 Å². The molecule has 2 aromatic heterocycles. The van der Waals surface area contributed by atoms with Gasteiger partial charge in [0, 0.05) is 24.5 Å². The SMILES string of the molecule is CN(C)C1CCN(c2ncnc3c2oc2ccccc23)CC1. The van der Waals surface area contributed by atoms with E-state index in [9.17, 15) is 0 Å². The third-order valence-corrected chi connectivity index (χ3v) is 4.63. The molecular weight excluding hydrogens is 276 g/mol. The zero-order valence-corrected chi connectivity index (χ0v) is 13.0. The first-order valence-electron chi connectivity index (χ1n) is 7.77. The van der Waals surface area contributed by atoms with Crippen molar-refractivity contribution in [2.24, 2.45) is 0 Å². The fraction of sp³-hybridized carbons (Fsp3) is 0.412. The van der Waals surface area contributed by atoms with Gasteiger partial charge in [0.25, 0.3) is 0 Å². The van der Waals surface area contributed by atoms with Crippen molar-refractivity contribution in [1.82, 2.24) is 14.9 Å². The van der Waals surface area contributed by atoms with Crippen LogP contribution in [0.5, 0.6) is 0 Å². The van der Waals surface area contributed by atoms with Crippen LogP contribution in [-0.2, 0) is 0 Å². The summed E-state index contributed by atoms with van der Waals surface area (Å²) in [4.78, 5) is 13.6. The minimum absolute atomic E-state index is 0.657. The van der Waals surface area contributed by atoms with Crippen molar-refractivity contribution in [1.29, 1.82) is 0 Å². The number of aromatic nitrogens is 2. The molecule has 3 aromatic rings. The summed E-state index contributed by atoms with van der Waals surface area (Å²) in [7, 11) is 4.31. The van der Waals surface area contributed by atoms with Gasteiger partial charge < -0.3 is 14.2 Å². The highest BCUT2D eigenvalue weighted by Gasteiger charge is 2.24. The summed E-state index contributed by atoms with van der Waals surface area (Å²) in [5.74, 6) is 0.929. The lowest BCUT2D eigenvalue weighted by atomic mass is 10.0. The second kappa shape index (κ2) is 5.25. The first kappa shape index (κ1) is 13.5. The fourth-order valence-electron chi connectivity index (χ4n) is 3.33. The zero-order valence-electron chi connectivity index (χ0n) is 13.0. The Morgan fingerprint density at radius 3 is 2.68 bits per heavy atom. The molecule has 0 aliphatic carbocycles. The summed E-state index contributed by atoms with van der Waals surface area (Å²) in [5.41, 5.74) is 2.60. The van der Waals surface area contributed by atoms with E-state index in [0.717, 1.165) is 53.8 Å². The summed E-state index contributed by atoms with van der Waals surface area (Å²) in [6.07, 6.45) is 3.95. The van der Waals surface area contributed by atoms with Crippen LogP contribution in [0.4, 0.5) is 5.82 Å². The Bertz CT molecular complexity index is 803. The highest BCUT2D eigenvalue weighted by atomic mass is 16.3. The minimum Gasteiger partial charge on any atom is -0.450 e. The summed E-state index contributed by atoms with van der Waals surface area (Å²) in [6.45, 7) is 2.01. The van der Waals surface area contributed by atoms with Crippen LogP contribution >= 0.6 is 0 Å². The molecule has 0 bridgehead atoms. The number of piperidine rings is 1. The lowest BCUT2D eigenvalue weighted by Gasteiger charge is -2.35. The van der Waals surface area contributed by atoms with Crippen molar-refractivity contribution in [2.75, 3.05) is 32.1 Å². The number of fused-ring (bicyclic) bond motifs is 3. The van der Waals surface area contributed by atoms with Gasteiger partial charge in [0.05, 0.1) is 0 Å². The van der Waals surface area contributed by atoms with Gasteiger partial charge in [-0.2, -0.15) is 0 Å². The normalized spacial score (nSPS) is 17.0. The average molecular weight is 296 g/mol. The molecule has 3 heterocycles. The Morgan fingerprint density at radius 2 is 1.91 bits per heavy atom. The van der Waals surface area contributed by atoms with E-state index < -0.39 is 0 Å². The number of nitrogens with zero attached hydrogens (tertiary/aromatic N) is 4. The second-order valence-corrected chi connectivity index (χ2v) is 6.16. The number of benzene rings is 1. The van der Waals surface area contributed by atoms with Gasteiger partial charge in [0.15, 0.2) is 11.4 Å². The number of anilines is 1. The van der Waals surface area contributed by atoms with E-state index in [1.807, 2.05) is 18.2 Å². The van der Waals surface area contributed by atoms with E-state index in [2.05, 4.69) is 39.9 Å². The van der Waals surface area contributed by atoms with Gasteiger partial charge in [-0.15, -0.1) is 0 Å². The van der Waals surface area contributed by atoms with Gasteiger partial charge in [-0.25, -0.2) is 9.97 Å². The molecular formula is C17H20N4O. The number of hydrogen-bond donors (Lipinski definition) is 0. The maximum absolute atomic E-state index is 6.03. The Kier molecular flexibility index (Phi) is 3.22. The third kappa shape index (κ3) is 2.13. The summed E-state index contributed by atoms with van der Waals surface area (Å²) < 4.78 is 6.03. The monoisotopic (exact) mass is 296 g/mol. The highest BCUT2D eigenvalue weighted by Crippen LogP contribution is 2.33. The van der Waals surface area contributed by atoms with Crippen molar-refractivity contribution in [2.45, 2.75) is 18.9 Å². The van der Waals surface area contributed by atoms with E-state index in [-0.39, 0.29) is 0 Å². The molecule has 0 atom stereocenters. The molecule has 1 aromatic carbocycles. The van der Waals surface area contributed by atoms with Gasteiger partial charge in [-0.05, 0) is 39.1 Å². The maximum Gasteiger partial charge on any atom is 0.196 e. The van der Waals surface area contributed by atoms with E-state index >= 15 is 0 Å². The van der Waals surface area contributed by atoms with Gasteiger partial charge in [0.1, 0.15) is 17.4 Å². The Morgan fingerprint density at radius 1 is 1.14 bits per heavy atom. The van der Waals surface area contributed by atoms with Gasteiger partial charge in [-0.1, -0.05) is 12.1 Å². The van der Waals surface area contributed by atoms with Crippen LogP contribution < -0.4 is 4.90 Å². The van der Waals surface area contributed by atoms with Crippen LogP contribution in [0.2, 0.25) is 0 Å². The first-order valence-corrected chi connectivity index (χ1v) is 7.77. The number of hydrogen-bond acceptors (Lipinski definition) is 5. The number of rotatable bonds is 2. The van der Waals surface area contributed by atoms with Crippen LogP contribution in [0.25, 0.3) is 22.1 Å². The second-order valence-electron chi connectivity index (χ2n) is 6.16. The Labute approximate surface area is 129 Å². The number of furan rings is 1. The van der Waals surface area contributed by atoms with Crippen molar-refractivity contribution in [3.63, 3.8) is 0 Å². The fourth-order valence-corrected chi connectivity index (χ4v) is 3.33. The van der Waals surface area contributed by atoms with Crippen molar-refractivity contribution in [3.05, 3.63) is 30.6 Å². The Balaban J connectivity index is 1.73. The lowest BCUT2D eigenvalue weighted by Crippen LogP contribution is -2.42. The molecule has 4 rings (SSSR count). The first-order chi connectivity index (χ1) is 10.7. The van der Waals surface area contributed by atoms with Gasteiger partial charge in [0.2, 0.25) is 0 Å².